The molecule has 33 heavy (non-hydrogen) atoms. The zero-order chi connectivity index (χ0) is 23.0. The Bertz CT molecular complexity index is 1350. The molecule has 0 atom stereocenters. The Labute approximate surface area is 191 Å². The first kappa shape index (κ1) is 22.0. The summed E-state index contributed by atoms with van der Waals surface area (Å²) < 4.78 is 7.25. The minimum atomic E-state index is -0.491. The number of hydrazone groups is 1. The summed E-state index contributed by atoms with van der Waals surface area (Å²) in [6.45, 7) is 2.80. The van der Waals surface area contributed by atoms with Gasteiger partial charge in [0.1, 0.15) is 12.4 Å². The van der Waals surface area contributed by atoms with Gasteiger partial charge in [-0.05, 0) is 30.2 Å². The monoisotopic (exact) mass is 440 g/mol. The Balaban J connectivity index is 1.53. The van der Waals surface area contributed by atoms with Crippen molar-refractivity contribution < 1.29 is 9.53 Å². The lowest BCUT2D eigenvalue weighted by Crippen LogP contribution is -2.29. The van der Waals surface area contributed by atoms with Crippen molar-refractivity contribution in [2.75, 3.05) is 0 Å². The topological polar surface area (TPSA) is 85.6 Å². The third kappa shape index (κ3) is 5.15. The number of carbonyl (C=O) groups excluding carboxylic acids is 1. The average molecular weight is 441 g/mol. The number of nitrogens with one attached hydrogen (secondary N) is 1. The van der Waals surface area contributed by atoms with Crippen LogP contribution in [-0.4, -0.2) is 21.9 Å². The summed E-state index contributed by atoms with van der Waals surface area (Å²) in [5.41, 5.74) is 4.25. The third-order valence-electron chi connectivity index (χ3n) is 5.04. The lowest BCUT2D eigenvalue weighted by molar-refractivity contribution is 0.0949. The van der Waals surface area contributed by atoms with Crippen molar-refractivity contribution in [2.24, 2.45) is 5.10 Å². The van der Waals surface area contributed by atoms with E-state index in [9.17, 15) is 9.59 Å². The second-order valence-electron chi connectivity index (χ2n) is 7.43. The first-order valence-corrected chi connectivity index (χ1v) is 10.8. The standard InChI is InChI=1S/C26H24N4O3/c1-2-16-30-26(32)22-14-8-7-13-21(22)24(29-30)25(31)28-27-17-20-12-6-9-15-23(20)33-18-19-10-4-3-5-11-19/h3-15,17H,2,16,18H2,1H3,(H,28,31)/b27-17+. The Morgan fingerprint density at radius 2 is 1.70 bits per heavy atom. The third-order valence-corrected chi connectivity index (χ3v) is 5.04. The van der Waals surface area contributed by atoms with Crippen LogP contribution in [-0.2, 0) is 13.2 Å². The SMILES string of the molecule is CCCn1nc(C(=O)N/N=C/c2ccccc2OCc2ccccc2)c2ccccc2c1=O. The molecule has 0 unspecified atom stereocenters. The first-order chi connectivity index (χ1) is 16.2. The minimum Gasteiger partial charge on any atom is -0.488 e. The molecule has 7 nitrogen and oxygen atoms in total. The number of ether oxygens (including phenoxy) is 1. The lowest BCUT2D eigenvalue weighted by Gasteiger charge is -2.10. The van der Waals surface area contributed by atoms with E-state index in [2.05, 4.69) is 15.6 Å². The van der Waals surface area contributed by atoms with Crippen molar-refractivity contribution in [3.05, 3.63) is 106 Å². The molecule has 0 radical (unpaired) electrons. The predicted octanol–water partition coefficient (Wildman–Crippen LogP) is 4.15. The highest BCUT2D eigenvalue weighted by Gasteiger charge is 2.16. The maximum Gasteiger partial charge on any atom is 0.292 e. The molecule has 0 aliphatic heterocycles. The molecule has 7 heteroatoms. The van der Waals surface area contributed by atoms with Crippen LogP contribution in [0.4, 0.5) is 0 Å². The zero-order valence-electron chi connectivity index (χ0n) is 18.3. The van der Waals surface area contributed by atoms with Crippen LogP contribution in [0.2, 0.25) is 0 Å². The van der Waals surface area contributed by atoms with Crippen LogP contribution < -0.4 is 15.7 Å². The highest BCUT2D eigenvalue weighted by Crippen LogP contribution is 2.18. The van der Waals surface area contributed by atoms with Gasteiger partial charge in [0.05, 0.1) is 11.6 Å². The molecule has 0 aliphatic rings. The molecular formula is C26H24N4O3. The number of amides is 1. The van der Waals surface area contributed by atoms with Crippen LogP contribution >= 0.6 is 0 Å². The van der Waals surface area contributed by atoms with Crippen molar-refractivity contribution in [3.8, 4) is 5.75 Å². The van der Waals surface area contributed by atoms with Gasteiger partial charge in [0, 0.05) is 17.5 Å². The Hall–Kier alpha value is -4.26. The first-order valence-electron chi connectivity index (χ1n) is 10.8. The summed E-state index contributed by atoms with van der Waals surface area (Å²) in [6, 6.07) is 24.3. The molecule has 1 amide bonds. The van der Waals surface area contributed by atoms with Gasteiger partial charge in [0.25, 0.3) is 11.5 Å². The molecule has 1 N–H and O–H groups in total. The second kappa shape index (κ2) is 10.4. The number of carbonyl (C=O) groups is 1. The van der Waals surface area contributed by atoms with E-state index in [-0.39, 0.29) is 11.3 Å². The van der Waals surface area contributed by atoms with Gasteiger partial charge >= 0.3 is 0 Å². The van der Waals surface area contributed by atoms with E-state index in [0.29, 0.717) is 29.7 Å². The van der Waals surface area contributed by atoms with Gasteiger partial charge in [-0.25, -0.2) is 10.1 Å². The molecule has 0 fully saturated rings. The van der Waals surface area contributed by atoms with Crippen molar-refractivity contribution in [2.45, 2.75) is 26.5 Å². The molecule has 0 saturated carbocycles. The van der Waals surface area contributed by atoms with Gasteiger partial charge in [-0.15, -0.1) is 0 Å². The molecule has 1 aromatic heterocycles. The number of aromatic nitrogens is 2. The van der Waals surface area contributed by atoms with Gasteiger partial charge in [0.2, 0.25) is 0 Å². The van der Waals surface area contributed by atoms with Gasteiger partial charge in [-0.2, -0.15) is 10.2 Å². The number of aryl methyl sites for hydroxylation is 1. The van der Waals surface area contributed by atoms with Crippen LogP contribution in [0.5, 0.6) is 5.75 Å². The lowest BCUT2D eigenvalue weighted by atomic mass is 10.1. The maximum atomic E-state index is 12.9. The number of hydrogen-bond acceptors (Lipinski definition) is 5. The quantitative estimate of drug-likeness (QED) is 0.329. The Kier molecular flexibility index (Phi) is 6.90. The number of benzene rings is 3. The highest BCUT2D eigenvalue weighted by molar-refractivity contribution is 6.05. The second-order valence-corrected chi connectivity index (χ2v) is 7.43. The van der Waals surface area contributed by atoms with Crippen molar-refractivity contribution in [1.82, 2.24) is 15.2 Å². The predicted molar refractivity (Wildman–Crippen MR) is 129 cm³/mol. The average Bonchev–Trinajstić information content (AvgIpc) is 2.86. The van der Waals surface area contributed by atoms with Crippen LogP contribution in [0.25, 0.3) is 10.8 Å². The fraction of sp³-hybridized carbons (Fsp3) is 0.154. The number of fused-ring (bicyclic) bond motifs is 1. The van der Waals surface area contributed by atoms with E-state index in [1.54, 1.807) is 24.3 Å². The Morgan fingerprint density at radius 3 is 2.48 bits per heavy atom. The molecule has 0 bridgehead atoms. The largest absolute Gasteiger partial charge is 0.488 e. The molecule has 1 heterocycles. The summed E-state index contributed by atoms with van der Waals surface area (Å²) in [5, 5.41) is 9.34. The summed E-state index contributed by atoms with van der Waals surface area (Å²) >= 11 is 0. The van der Waals surface area contributed by atoms with Gasteiger partial charge in [0.15, 0.2) is 5.69 Å². The summed E-state index contributed by atoms with van der Waals surface area (Å²) in [5.74, 6) is 0.161. The van der Waals surface area contributed by atoms with E-state index in [0.717, 1.165) is 17.5 Å². The van der Waals surface area contributed by atoms with E-state index in [1.165, 1.54) is 10.9 Å². The zero-order valence-corrected chi connectivity index (χ0v) is 18.3. The van der Waals surface area contributed by atoms with Crippen LogP contribution in [0.1, 0.15) is 35.0 Å². The molecule has 4 rings (SSSR count). The van der Waals surface area contributed by atoms with E-state index in [1.807, 2.05) is 61.5 Å². The van der Waals surface area contributed by atoms with Gasteiger partial charge in [-0.3, -0.25) is 9.59 Å². The van der Waals surface area contributed by atoms with E-state index in [4.69, 9.17) is 4.74 Å². The summed E-state index contributed by atoms with van der Waals surface area (Å²) in [6.07, 6.45) is 2.26. The molecule has 166 valence electrons. The normalized spacial score (nSPS) is 11.1. The van der Waals surface area contributed by atoms with Crippen LogP contribution in [0.15, 0.2) is 88.8 Å². The number of rotatable bonds is 8. The number of para-hydroxylation sites is 1. The van der Waals surface area contributed by atoms with Crippen molar-refractivity contribution >= 4 is 22.9 Å². The Morgan fingerprint density at radius 1 is 1.00 bits per heavy atom. The molecular weight excluding hydrogens is 416 g/mol. The van der Waals surface area contributed by atoms with Gasteiger partial charge in [-0.1, -0.05) is 67.6 Å². The fourth-order valence-corrected chi connectivity index (χ4v) is 3.43. The smallest absolute Gasteiger partial charge is 0.292 e. The van der Waals surface area contributed by atoms with Crippen LogP contribution in [0, 0.1) is 0 Å². The summed E-state index contributed by atoms with van der Waals surface area (Å²) in [4.78, 5) is 25.5. The minimum absolute atomic E-state index is 0.157. The maximum absolute atomic E-state index is 12.9. The fourth-order valence-electron chi connectivity index (χ4n) is 3.43. The molecule has 3 aromatic carbocycles. The number of hydrogen-bond donors (Lipinski definition) is 1. The highest BCUT2D eigenvalue weighted by atomic mass is 16.5. The van der Waals surface area contributed by atoms with Gasteiger partial charge < -0.3 is 4.74 Å². The van der Waals surface area contributed by atoms with E-state index >= 15 is 0 Å². The summed E-state index contributed by atoms with van der Waals surface area (Å²) in [7, 11) is 0. The molecule has 0 saturated heterocycles. The molecule has 4 aromatic rings. The van der Waals surface area contributed by atoms with Crippen LogP contribution in [0.3, 0.4) is 0 Å². The van der Waals surface area contributed by atoms with Crippen molar-refractivity contribution in [3.63, 3.8) is 0 Å². The molecule has 0 spiro atoms. The number of nitrogens with zero attached hydrogens (tertiary/aromatic N) is 3. The molecule has 0 aliphatic carbocycles. The van der Waals surface area contributed by atoms with Crippen molar-refractivity contribution in [1.29, 1.82) is 0 Å². The van der Waals surface area contributed by atoms with E-state index < -0.39 is 5.91 Å².